The average molecular weight is 189 g/mol. The van der Waals surface area contributed by atoms with E-state index in [2.05, 4.69) is 12.1 Å². The van der Waals surface area contributed by atoms with Crippen LogP contribution >= 0.6 is 0 Å². The molecule has 1 aliphatic heterocycles. The van der Waals surface area contributed by atoms with Crippen molar-refractivity contribution in [3.63, 3.8) is 0 Å². The second-order valence-electron chi connectivity index (χ2n) is 3.94. The van der Waals surface area contributed by atoms with Gasteiger partial charge in [0, 0.05) is 19.5 Å². The van der Waals surface area contributed by atoms with Crippen molar-refractivity contribution in [1.29, 1.82) is 0 Å². The van der Waals surface area contributed by atoms with Crippen molar-refractivity contribution in [2.75, 3.05) is 13.6 Å². The normalized spacial score (nSPS) is 21.6. The van der Waals surface area contributed by atoms with Gasteiger partial charge in [0.1, 0.15) is 0 Å². The molecule has 0 aliphatic carbocycles. The number of amides is 1. The van der Waals surface area contributed by atoms with Crippen molar-refractivity contribution in [3.8, 4) is 0 Å². The highest BCUT2D eigenvalue weighted by molar-refractivity contribution is 5.80. The zero-order valence-corrected chi connectivity index (χ0v) is 8.44. The highest BCUT2D eigenvalue weighted by atomic mass is 16.2. The molecular formula is C12H15NO. The summed E-state index contributed by atoms with van der Waals surface area (Å²) in [6.07, 6.45) is 1.90. The van der Waals surface area contributed by atoms with Crippen molar-refractivity contribution >= 4 is 5.91 Å². The van der Waals surface area contributed by atoms with Crippen molar-refractivity contribution in [2.24, 2.45) is 5.92 Å². The van der Waals surface area contributed by atoms with Crippen LogP contribution in [0.2, 0.25) is 0 Å². The van der Waals surface area contributed by atoms with Gasteiger partial charge in [0.2, 0.25) is 5.91 Å². The van der Waals surface area contributed by atoms with Gasteiger partial charge in [-0.1, -0.05) is 30.3 Å². The molecule has 0 unspecified atom stereocenters. The summed E-state index contributed by atoms with van der Waals surface area (Å²) >= 11 is 0. The SMILES string of the molecule is CN1CC[C@@H](Cc2ccccc2)C1=O. The standard InChI is InChI=1S/C12H15NO/c1-13-8-7-11(12(13)14)9-10-5-3-2-4-6-10/h2-6,11H,7-9H2,1H3/t11-/m0/s1. The van der Waals surface area contributed by atoms with Crippen LogP contribution in [-0.2, 0) is 11.2 Å². The third kappa shape index (κ3) is 1.79. The van der Waals surface area contributed by atoms with Crippen LogP contribution in [-0.4, -0.2) is 24.4 Å². The molecule has 1 aromatic rings. The summed E-state index contributed by atoms with van der Waals surface area (Å²) in [6.45, 7) is 0.913. The molecule has 1 saturated heterocycles. The Morgan fingerprint density at radius 1 is 1.36 bits per heavy atom. The number of carbonyl (C=O) groups excluding carboxylic acids is 1. The van der Waals surface area contributed by atoms with E-state index in [9.17, 15) is 4.79 Å². The molecule has 74 valence electrons. The first-order valence-corrected chi connectivity index (χ1v) is 5.06. The van der Waals surface area contributed by atoms with E-state index in [-0.39, 0.29) is 5.92 Å². The van der Waals surface area contributed by atoms with Crippen molar-refractivity contribution in [3.05, 3.63) is 35.9 Å². The highest BCUT2D eigenvalue weighted by Crippen LogP contribution is 2.20. The molecule has 0 aromatic heterocycles. The molecule has 1 aromatic carbocycles. The zero-order chi connectivity index (χ0) is 9.97. The summed E-state index contributed by atoms with van der Waals surface area (Å²) in [4.78, 5) is 13.5. The Labute approximate surface area is 84.5 Å². The minimum absolute atomic E-state index is 0.211. The van der Waals surface area contributed by atoms with Gasteiger partial charge in [-0.3, -0.25) is 4.79 Å². The molecule has 0 bridgehead atoms. The molecule has 1 heterocycles. The molecule has 2 nitrogen and oxygen atoms in total. The van der Waals surface area contributed by atoms with Crippen molar-refractivity contribution < 1.29 is 4.79 Å². The van der Waals surface area contributed by atoms with Gasteiger partial charge in [-0.25, -0.2) is 0 Å². The van der Waals surface area contributed by atoms with Crippen LogP contribution < -0.4 is 0 Å². The van der Waals surface area contributed by atoms with Gasteiger partial charge in [0.05, 0.1) is 0 Å². The number of hydrogen-bond donors (Lipinski definition) is 0. The first-order chi connectivity index (χ1) is 6.77. The van der Waals surface area contributed by atoms with Gasteiger partial charge in [0.15, 0.2) is 0 Å². The average Bonchev–Trinajstić information content (AvgIpc) is 2.52. The lowest BCUT2D eigenvalue weighted by molar-refractivity contribution is -0.129. The first kappa shape index (κ1) is 9.25. The fourth-order valence-electron chi connectivity index (χ4n) is 1.98. The molecule has 2 heteroatoms. The number of hydrogen-bond acceptors (Lipinski definition) is 1. The van der Waals surface area contributed by atoms with Crippen LogP contribution in [0.4, 0.5) is 0 Å². The van der Waals surface area contributed by atoms with Gasteiger partial charge in [-0.15, -0.1) is 0 Å². The first-order valence-electron chi connectivity index (χ1n) is 5.06. The quantitative estimate of drug-likeness (QED) is 0.693. The van der Waals surface area contributed by atoms with Crippen LogP contribution in [0, 0.1) is 5.92 Å². The largest absolute Gasteiger partial charge is 0.345 e. The van der Waals surface area contributed by atoms with Crippen LogP contribution in [0.25, 0.3) is 0 Å². The zero-order valence-electron chi connectivity index (χ0n) is 8.44. The van der Waals surface area contributed by atoms with Gasteiger partial charge < -0.3 is 4.90 Å². The van der Waals surface area contributed by atoms with Crippen LogP contribution in [0.5, 0.6) is 0 Å². The third-order valence-electron chi connectivity index (χ3n) is 2.86. The monoisotopic (exact) mass is 189 g/mol. The summed E-state index contributed by atoms with van der Waals surface area (Å²) < 4.78 is 0. The highest BCUT2D eigenvalue weighted by Gasteiger charge is 2.28. The molecule has 0 spiro atoms. The maximum absolute atomic E-state index is 11.6. The van der Waals surface area contributed by atoms with E-state index < -0.39 is 0 Å². The summed E-state index contributed by atoms with van der Waals surface area (Å²) in [5.41, 5.74) is 1.26. The lowest BCUT2D eigenvalue weighted by atomic mass is 9.98. The summed E-state index contributed by atoms with van der Waals surface area (Å²) in [6, 6.07) is 10.2. The Bertz CT molecular complexity index is 320. The summed E-state index contributed by atoms with van der Waals surface area (Å²) in [5.74, 6) is 0.510. The minimum Gasteiger partial charge on any atom is -0.345 e. The van der Waals surface area contributed by atoms with Crippen LogP contribution in [0.1, 0.15) is 12.0 Å². The molecule has 1 amide bonds. The maximum atomic E-state index is 11.6. The molecule has 1 fully saturated rings. The molecule has 2 rings (SSSR count). The van der Waals surface area contributed by atoms with Gasteiger partial charge in [-0.2, -0.15) is 0 Å². The Morgan fingerprint density at radius 3 is 2.64 bits per heavy atom. The topological polar surface area (TPSA) is 20.3 Å². The molecule has 0 radical (unpaired) electrons. The van der Waals surface area contributed by atoms with E-state index in [1.807, 2.05) is 30.1 Å². The molecule has 0 saturated carbocycles. The lowest BCUT2D eigenvalue weighted by Crippen LogP contribution is -2.23. The predicted molar refractivity (Wildman–Crippen MR) is 55.9 cm³/mol. The number of carbonyl (C=O) groups is 1. The van der Waals surface area contributed by atoms with E-state index in [1.54, 1.807) is 0 Å². The van der Waals surface area contributed by atoms with E-state index >= 15 is 0 Å². The fourth-order valence-corrected chi connectivity index (χ4v) is 1.98. The maximum Gasteiger partial charge on any atom is 0.225 e. The molecular weight excluding hydrogens is 174 g/mol. The van der Waals surface area contributed by atoms with Gasteiger partial charge in [-0.05, 0) is 18.4 Å². The lowest BCUT2D eigenvalue weighted by Gasteiger charge is -2.09. The fraction of sp³-hybridized carbons (Fsp3) is 0.417. The number of rotatable bonds is 2. The molecule has 1 aliphatic rings. The Kier molecular flexibility index (Phi) is 2.53. The van der Waals surface area contributed by atoms with E-state index in [0.717, 1.165) is 19.4 Å². The van der Waals surface area contributed by atoms with E-state index in [1.165, 1.54) is 5.56 Å². The predicted octanol–water partition coefficient (Wildman–Crippen LogP) is 1.71. The van der Waals surface area contributed by atoms with E-state index in [0.29, 0.717) is 5.91 Å². The Morgan fingerprint density at radius 2 is 2.07 bits per heavy atom. The van der Waals surface area contributed by atoms with Crippen molar-refractivity contribution in [1.82, 2.24) is 4.90 Å². The number of likely N-dealkylation sites (tertiary alicyclic amines) is 1. The molecule has 14 heavy (non-hydrogen) atoms. The summed E-state index contributed by atoms with van der Waals surface area (Å²) in [7, 11) is 1.88. The second kappa shape index (κ2) is 3.82. The molecule has 1 atom stereocenters. The Hall–Kier alpha value is -1.31. The third-order valence-corrected chi connectivity index (χ3v) is 2.86. The minimum atomic E-state index is 0.211. The van der Waals surface area contributed by atoms with Gasteiger partial charge >= 0.3 is 0 Å². The molecule has 0 N–H and O–H groups in total. The Balaban J connectivity index is 2.02. The van der Waals surface area contributed by atoms with Gasteiger partial charge in [0.25, 0.3) is 0 Å². The van der Waals surface area contributed by atoms with Crippen LogP contribution in [0.15, 0.2) is 30.3 Å². The van der Waals surface area contributed by atoms with Crippen molar-refractivity contribution in [2.45, 2.75) is 12.8 Å². The smallest absolute Gasteiger partial charge is 0.225 e. The second-order valence-corrected chi connectivity index (χ2v) is 3.94. The number of nitrogens with zero attached hydrogens (tertiary/aromatic N) is 1. The van der Waals surface area contributed by atoms with E-state index in [4.69, 9.17) is 0 Å². The number of benzene rings is 1. The summed E-state index contributed by atoms with van der Waals surface area (Å²) in [5, 5.41) is 0. The van der Waals surface area contributed by atoms with Crippen LogP contribution in [0.3, 0.4) is 0 Å².